The van der Waals surface area contributed by atoms with Gasteiger partial charge in [-0.25, -0.2) is 0 Å². The standard InChI is InChI=1S/C23H26N2O5/c1-4-16-7-9-17(10-8-16)30-15(3)21(26)20-14(2)19(12-24)22(27)25(23(20)28)13-18-6-5-11-29-18/h7-10,15,18,28H,4-6,11,13H2,1-3H3. The number of nitrogens with zero attached hydrogens (tertiary/aromatic N) is 2. The van der Waals surface area contributed by atoms with Gasteiger partial charge in [-0.2, -0.15) is 5.26 Å². The van der Waals surface area contributed by atoms with E-state index in [0.29, 0.717) is 12.4 Å². The SMILES string of the molecule is CCc1ccc(OC(C)C(=O)c2c(C)c(C#N)c(=O)n(CC3CCCO3)c2O)cc1. The molecule has 0 spiro atoms. The molecule has 7 nitrogen and oxygen atoms in total. The molecule has 0 amide bonds. The first-order chi connectivity index (χ1) is 14.4. The van der Waals surface area contributed by atoms with E-state index in [1.165, 1.54) is 6.92 Å². The van der Waals surface area contributed by atoms with Crippen molar-refractivity contribution >= 4 is 5.78 Å². The molecule has 0 saturated carbocycles. The molecule has 7 heteroatoms. The minimum absolute atomic E-state index is 0.0678. The summed E-state index contributed by atoms with van der Waals surface area (Å²) in [6.45, 7) is 5.80. The van der Waals surface area contributed by atoms with Crippen LogP contribution in [0.25, 0.3) is 0 Å². The molecule has 1 aliphatic heterocycles. The van der Waals surface area contributed by atoms with Gasteiger partial charge in [0.15, 0.2) is 6.10 Å². The number of ketones is 1. The van der Waals surface area contributed by atoms with Crippen molar-refractivity contribution in [2.45, 2.75) is 58.8 Å². The largest absolute Gasteiger partial charge is 0.494 e. The highest BCUT2D eigenvalue weighted by atomic mass is 16.5. The highest BCUT2D eigenvalue weighted by molar-refractivity contribution is 6.03. The Balaban J connectivity index is 1.95. The molecule has 2 aromatic rings. The summed E-state index contributed by atoms with van der Waals surface area (Å²) < 4.78 is 12.4. The first-order valence-corrected chi connectivity index (χ1v) is 10.1. The lowest BCUT2D eigenvalue weighted by atomic mass is 9.99. The van der Waals surface area contributed by atoms with Crippen LogP contribution in [0.15, 0.2) is 29.1 Å². The van der Waals surface area contributed by atoms with Crippen molar-refractivity contribution in [2.75, 3.05) is 6.61 Å². The summed E-state index contributed by atoms with van der Waals surface area (Å²) in [5, 5.41) is 20.3. The maximum atomic E-state index is 13.1. The van der Waals surface area contributed by atoms with Crippen LogP contribution in [0.4, 0.5) is 0 Å². The molecule has 1 aromatic heterocycles. The van der Waals surface area contributed by atoms with Crippen molar-refractivity contribution in [3.63, 3.8) is 0 Å². The van der Waals surface area contributed by atoms with Crippen molar-refractivity contribution in [1.29, 1.82) is 5.26 Å². The van der Waals surface area contributed by atoms with Crippen LogP contribution in [0.5, 0.6) is 11.6 Å². The van der Waals surface area contributed by atoms with Crippen molar-refractivity contribution < 1.29 is 19.4 Å². The second-order valence-electron chi connectivity index (χ2n) is 7.48. The van der Waals surface area contributed by atoms with Crippen LogP contribution >= 0.6 is 0 Å². The van der Waals surface area contributed by atoms with Crippen LogP contribution in [0.1, 0.15) is 53.7 Å². The molecule has 1 saturated heterocycles. The van der Waals surface area contributed by atoms with Gasteiger partial charge in [-0.15, -0.1) is 0 Å². The number of hydrogen-bond donors (Lipinski definition) is 1. The highest BCUT2D eigenvalue weighted by Crippen LogP contribution is 2.26. The Bertz CT molecular complexity index is 1030. The van der Waals surface area contributed by atoms with Gasteiger partial charge in [-0.1, -0.05) is 19.1 Å². The predicted molar refractivity (Wildman–Crippen MR) is 111 cm³/mol. The summed E-state index contributed by atoms with van der Waals surface area (Å²) in [5.74, 6) is -0.422. The first kappa shape index (κ1) is 21.6. The quantitative estimate of drug-likeness (QED) is 0.704. The third-order valence-electron chi connectivity index (χ3n) is 5.47. The predicted octanol–water partition coefficient (Wildman–Crippen LogP) is 3.13. The molecule has 2 unspecified atom stereocenters. The van der Waals surface area contributed by atoms with E-state index in [4.69, 9.17) is 9.47 Å². The summed E-state index contributed by atoms with van der Waals surface area (Å²) >= 11 is 0. The third kappa shape index (κ3) is 4.24. The zero-order chi connectivity index (χ0) is 21.8. The van der Waals surface area contributed by atoms with Crippen LogP contribution in [0, 0.1) is 18.3 Å². The van der Waals surface area contributed by atoms with E-state index in [1.54, 1.807) is 19.1 Å². The molecule has 30 heavy (non-hydrogen) atoms. The average Bonchev–Trinajstić information content (AvgIpc) is 3.25. The number of ether oxygens (including phenoxy) is 2. The van der Waals surface area contributed by atoms with Gasteiger partial charge in [-0.05, 0) is 56.4 Å². The van der Waals surface area contributed by atoms with Gasteiger partial charge in [-0.3, -0.25) is 14.2 Å². The summed E-state index contributed by atoms with van der Waals surface area (Å²) in [4.78, 5) is 25.8. The summed E-state index contributed by atoms with van der Waals surface area (Å²) in [6, 6.07) is 9.29. The van der Waals surface area contributed by atoms with Crippen LogP contribution in [0.2, 0.25) is 0 Å². The van der Waals surface area contributed by atoms with E-state index in [2.05, 4.69) is 0 Å². The topological polar surface area (TPSA) is 102 Å². The number of aromatic hydroxyl groups is 1. The Hall–Kier alpha value is -3.11. The Morgan fingerprint density at radius 2 is 2.10 bits per heavy atom. The van der Waals surface area contributed by atoms with Crippen LogP contribution in [-0.2, 0) is 17.7 Å². The molecule has 1 fully saturated rings. The van der Waals surface area contributed by atoms with Gasteiger partial charge >= 0.3 is 0 Å². The fourth-order valence-electron chi connectivity index (χ4n) is 3.67. The smallest absolute Gasteiger partial charge is 0.271 e. The minimum atomic E-state index is -0.915. The lowest BCUT2D eigenvalue weighted by molar-refractivity contribution is 0.0805. The van der Waals surface area contributed by atoms with Gasteiger partial charge in [0, 0.05) is 6.61 Å². The Kier molecular flexibility index (Phi) is 6.58. The van der Waals surface area contributed by atoms with E-state index in [-0.39, 0.29) is 29.3 Å². The maximum Gasteiger partial charge on any atom is 0.271 e. The molecule has 1 N–H and O–H groups in total. The number of pyridine rings is 1. The average molecular weight is 410 g/mol. The molecular formula is C23H26N2O5. The van der Waals surface area contributed by atoms with Crippen molar-refractivity contribution in [2.24, 2.45) is 0 Å². The van der Waals surface area contributed by atoms with E-state index in [1.807, 2.05) is 25.1 Å². The number of aryl methyl sites for hydroxylation is 1. The molecule has 2 atom stereocenters. The Morgan fingerprint density at radius 1 is 1.40 bits per heavy atom. The van der Waals surface area contributed by atoms with Gasteiger partial charge < -0.3 is 14.6 Å². The van der Waals surface area contributed by atoms with Crippen LogP contribution < -0.4 is 10.3 Å². The normalized spacial score (nSPS) is 16.8. The number of hydrogen-bond acceptors (Lipinski definition) is 6. The fraction of sp³-hybridized carbons (Fsp3) is 0.435. The molecule has 1 aliphatic rings. The molecule has 0 aliphatic carbocycles. The number of nitriles is 1. The van der Waals surface area contributed by atoms with E-state index in [9.17, 15) is 20.0 Å². The van der Waals surface area contributed by atoms with Crippen molar-refractivity contribution in [3.05, 3.63) is 56.9 Å². The maximum absolute atomic E-state index is 13.1. The van der Waals surface area contributed by atoms with Gasteiger partial charge in [0.2, 0.25) is 11.7 Å². The molecule has 2 heterocycles. The summed E-state index contributed by atoms with van der Waals surface area (Å²) in [6.07, 6.45) is 1.35. The van der Waals surface area contributed by atoms with E-state index in [0.717, 1.165) is 29.4 Å². The lowest BCUT2D eigenvalue weighted by Gasteiger charge is -2.20. The second-order valence-corrected chi connectivity index (χ2v) is 7.48. The molecule has 158 valence electrons. The second kappa shape index (κ2) is 9.14. The first-order valence-electron chi connectivity index (χ1n) is 10.1. The molecule has 0 radical (unpaired) electrons. The summed E-state index contributed by atoms with van der Waals surface area (Å²) in [5.41, 5.74) is 0.457. The minimum Gasteiger partial charge on any atom is -0.494 e. The zero-order valence-electron chi connectivity index (χ0n) is 17.5. The number of rotatable bonds is 7. The van der Waals surface area contributed by atoms with Gasteiger partial charge in [0.05, 0.1) is 18.2 Å². The monoisotopic (exact) mass is 410 g/mol. The lowest BCUT2D eigenvalue weighted by Crippen LogP contribution is -2.33. The molecule has 3 rings (SSSR count). The number of aromatic nitrogens is 1. The van der Waals surface area contributed by atoms with Crippen molar-refractivity contribution in [1.82, 2.24) is 4.57 Å². The van der Waals surface area contributed by atoms with Gasteiger partial charge in [0.1, 0.15) is 17.4 Å². The third-order valence-corrected chi connectivity index (χ3v) is 5.47. The Labute approximate surface area is 175 Å². The Morgan fingerprint density at radius 3 is 2.67 bits per heavy atom. The number of benzene rings is 1. The van der Waals surface area contributed by atoms with Crippen molar-refractivity contribution in [3.8, 4) is 17.7 Å². The van der Waals surface area contributed by atoms with E-state index >= 15 is 0 Å². The van der Waals surface area contributed by atoms with E-state index < -0.39 is 23.3 Å². The molecule has 1 aromatic carbocycles. The number of carbonyl (C=O) groups excluding carboxylic acids is 1. The number of carbonyl (C=O) groups is 1. The van der Waals surface area contributed by atoms with Gasteiger partial charge in [0.25, 0.3) is 5.56 Å². The fourth-order valence-corrected chi connectivity index (χ4v) is 3.67. The van der Waals surface area contributed by atoms with Crippen LogP contribution in [0.3, 0.4) is 0 Å². The molecule has 0 bridgehead atoms. The van der Waals surface area contributed by atoms with Crippen LogP contribution in [-0.4, -0.2) is 34.3 Å². The zero-order valence-corrected chi connectivity index (χ0v) is 17.5. The summed E-state index contributed by atoms with van der Waals surface area (Å²) in [7, 11) is 0. The highest BCUT2D eigenvalue weighted by Gasteiger charge is 2.29. The number of Topliss-reactive ketones (excluding diaryl/α,β-unsaturated/α-hetero) is 1. The molecular weight excluding hydrogens is 384 g/mol.